The summed E-state index contributed by atoms with van der Waals surface area (Å²) in [5.74, 6) is -3.03. The van der Waals surface area contributed by atoms with Crippen LogP contribution in [0.1, 0.15) is 91.2 Å². The van der Waals surface area contributed by atoms with Crippen molar-refractivity contribution < 1.29 is 71.9 Å². The number of benzene rings is 1. The van der Waals surface area contributed by atoms with Gasteiger partial charge >= 0.3 is 11.9 Å². The summed E-state index contributed by atoms with van der Waals surface area (Å²) in [6, 6.07) is 10.7. The van der Waals surface area contributed by atoms with Gasteiger partial charge in [0.2, 0.25) is 23.6 Å². The van der Waals surface area contributed by atoms with Crippen molar-refractivity contribution in [1.29, 1.82) is 0 Å². The number of carboxylic acids is 1. The second-order valence-corrected chi connectivity index (χ2v) is 17.7. The number of fused-ring (bicyclic) bond motifs is 2. The summed E-state index contributed by atoms with van der Waals surface area (Å²) in [5, 5.41) is 16.6. The molecule has 6 rings (SSSR count). The molecule has 1 atom stereocenters. The zero-order chi connectivity index (χ0) is 51.7. The number of ketones is 1. The molecule has 0 bridgehead atoms. The highest BCUT2D eigenvalue weighted by atomic mass is 32.1. The minimum Gasteiger partial charge on any atom is -0.491 e. The molecule has 2 aliphatic rings. The van der Waals surface area contributed by atoms with Crippen molar-refractivity contribution in [2.75, 3.05) is 45.8 Å². The first-order valence-corrected chi connectivity index (χ1v) is 23.9. The number of methoxy groups -OCH3 is 2. The lowest BCUT2D eigenvalue weighted by atomic mass is 10.2. The zero-order valence-corrected chi connectivity index (χ0v) is 40.8. The molecule has 3 aromatic heterocycles. The Bertz CT molecular complexity index is 2710. The number of hydrogen-bond donors (Lipinski definition) is 4. The number of aliphatic carboxylic acids is 1. The molecule has 6 amide bonds. The van der Waals surface area contributed by atoms with Gasteiger partial charge in [-0.25, -0.2) is 9.97 Å². The Morgan fingerprint density at radius 2 is 1.47 bits per heavy atom. The van der Waals surface area contributed by atoms with Gasteiger partial charge in [0.25, 0.3) is 23.6 Å². The van der Waals surface area contributed by atoms with E-state index in [-0.39, 0.29) is 119 Å². The molecule has 0 aliphatic carbocycles. The number of esters is 1. The fourth-order valence-corrected chi connectivity index (χ4v) is 8.30. The van der Waals surface area contributed by atoms with E-state index in [0.717, 1.165) is 10.5 Å². The van der Waals surface area contributed by atoms with E-state index in [1.165, 1.54) is 44.6 Å². The molecule has 0 fully saturated rings. The standard InChI is InChI=1S/C49H55N7O15S/c1-29(51-41(59)25-50-40(58)8-5-4-6-19-56-43(61)14-15-44(56)62)47(66)52-32-11-9-30(10-12-32)28-71-46(65)18-16-42(60)55-26-31-22-36(67-2)48(54-34(31)27-55)69-20-7-21-70-49-37(68-3)24-38-33(53-49)23-39(72-38)35(57)13-17-45(63)64/h9-12,14-15,22-24,29H,4-8,13,16-21,25-28H2,1-3H3,(H,50,58)(H,51,59)(H,52,66)(H,63,64)/t29-/m0/s1. The number of anilines is 1. The number of aromatic nitrogens is 2. The van der Waals surface area contributed by atoms with Crippen molar-refractivity contribution in [1.82, 2.24) is 30.4 Å². The molecule has 1 aromatic carbocycles. The van der Waals surface area contributed by atoms with E-state index in [1.54, 1.807) is 47.4 Å². The maximum atomic E-state index is 13.2. The molecule has 72 heavy (non-hydrogen) atoms. The molecule has 5 heterocycles. The first-order valence-electron chi connectivity index (χ1n) is 23.1. The molecular weight excluding hydrogens is 959 g/mol. The predicted octanol–water partition coefficient (Wildman–Crippen LogP) is 4.01. The summed E-state index contributed by atoms with van der Waals surface area (Å²) in [6.45, 7) is 2.27. The lowest BCUT2D eigenvalue weighted by molar-refractivity contribution is -0.147. The molecule has 0 saturated carbocycles. The predicted molar refractivity (Wildman–Crippen MR) is 257 cm³/mol. The van der Waals surface area contributed by atoms with Gasteiger partial charge < -0.3 is 49.6 Å². The summed E-state index contributed by atoms with van der Waals surface area (Å²) >= 11 is 1.20. The van der Waals surface area contributed by atoms with Crippen LogP contribution in [-0.2, 0) is 62.8 Å². The summed E-state index contributed by atoms with van der Waals surface area (Å²) < 4.78 is 28.9. The van der Waals surface area contributed by atoms with E-state index in [4.69, 9.17) is 28.8 Å². The quantitative estimate of drug-likeness (QED) is 0.0270. The molecule has 2 aliphatic heterocycles. The van der Waals surface area contributed by atoms with Crippen molar-refractivity contribution >= 4 is 80.4 Å². The van der Waals surface area contributed by atoms with Crippen LogP contribution in [0, 0.1) is 0 Å². The van der Waals surface area contributed by atoms with E-state index in [9.17, 15) is 43.2 Å². The van der Waals surface area contributed by atoms with Crippen LogP contribution in [-0.4, -0.2) is 125 Å². The number of thiophene rings is 1. The van der Waals surface area contributed by atoms with E-state index >= 15 is 0 Å². The summed E-state index contributed by atoms with van der Waals surface area (Å²) in [6.07, 6.45) is 4.09. The van der Waals surface area contributed by atoms with Gasteiger partial charge in [-0.1, -0.05) is 18.6 Å². The van der Waals surface area contributed by atoms with Crippen molar-refractivity contribution in [3.63, 3.8) is 0 Å². The molecular formula is C49H55N7O15S. The highest BCUT2D eigenvalue weighted by molar-refractivity contribution is 7.20. The van der Waals surface area contributed by atoms with Crippen LogP contribution in [0.2, 0.25) is 0 Å². The maximum Gasteiger partial charge on any atom is 0.306 e. The minimum atomic E-state index is -1.05. The average molecular weight is 1010 g/mol. The summed E-state index contributed by atoms with van der Waals surface area (Å²) in [7, 11) is 2.96. The van der Waals surface area contributed by atoms with Crippen LogP contribution in [0.4, 0.5) is 5.69 Å². The zero-order valence-electron chi connectivity index (χ0n) is 39.9. The smallest absolute Gasteiger partial charge is 0.306 e. The Hall–Kier alpha value is -7.95. The lowest BCUT2D eigenvalue weighted by Crippen LogP contribution is -2.45. The number of hydrogen-bond acceptors (Lipinski definition) is 17. The topological polar surface area (TPSA) is 288 Å². The van der Waals surface area contributed by atoms with E-state index in [1.807, 2.05) is 0 Å². The van der Waals surface area contributed by atoms with Gasteiger partial charge in [0.15, 0.2) is 17.3 Å². The van der Waals surface area contributed by atoms with Gasteiger partial charge in [0.1, 0.15) is 12.6 Å². The first-order chi connectivity index (χ1) is 34.6. The Labute approximate surface area is 417 Å². The van der Waals surface area contributed by atoms with Gasteiger partial charge in [-0.15, -0.1) is 11.3 Å². The van der Waals surface area contributed by atoms with Crippen LogP contribution in [0.25, 0.3) is 10.2 Å². The Morgan fingerprint density at radius 1 is 0.778 bits per heavy atom. The van der Waals surface area contributed by atoms with Crippen molar-refractivity contribution in [2.24, 2.45) is 0 Å². The van der Waals surface area contributed by atoms with Gasteiger partial charge in [-0.2, -0.15) is 0 Å². The number of carbonyl (C=O) groups excluding carboxylic acids is 8. The molecule has 4 aromatic rings. The SMILES string of the molecule is COc1cc2c(nc1OCCCOc1nc3cc(C(=O)CCC(=O)O)sc3cc1OC)CN(C(=O)CCC(=O)OCc1ccc(NC(=O)[C@H](C)NC(=O)CNC(=O)CCCCCN3C(=O)C=CC3=O)cc1)C2. The van der Waals surface area contributed by atoms with Crippen LogP contribution in [0.15, 0.2) is 54.6 Å². The van der Waals surface area contributed by atoms with Crippen LogP contribution >= 0.6 is 11.3 Å². The molecule has 4 N–H and O–H groups in total. The molecule has 0 spiro atoms. The highest BCUT2D eigenvalue weighted by Gasteiger charge is 2.28. The molecule has 23 heteroatoms. The number of nitrogens with zero attached hydrogens (tertiary/aromatic N) is 4. The number of Topliss-reactive ketones (excluding diaryl/α,β-unsaturated/α-hetero) is 1. The Morgan fingerprint density at radius 3 is 2.17 bits per heavy atom. The Balaban J connectivity index is 0.845. The van der Waals surface area contributed by atoms with Crippen molar-refractivity contribution in [3.8, 4) is 23.3 Å². The van der Waals surface area contributed by atoms with Gasteiger partial charge in [-0.05, 0) is 55.2 Å². The number of carbonyl (C=O) groups is 9. The monoisotopic (exact) mass is 1010 g/mol. The van der Waals surface area contributed by atoms with Gasteiger partial charge in [0.05, 0.1) is 74.2 Å². The largest absolute Gasteiger partial charge is 0.491 e. The summed E-state index contributed by atoms with van der Waals surface area (Å²) in [5.41, 5.74) is 2.99. The number of ether oxygens (including phenoxy) is 5. The molecule has 0 saturated heterocycles. The van der Waals surface area contributed by atoms with Crippen LogP contribution in [0.3, 0.4) is 0 Å². The third kappa shape index (κ3) is 15.3. The number of pyridine rings is 2. The summed E-state index contributed by atoms with van der Waals surface area (Å²) in [4.78, 5) is 122. The first kappa shape index (κ1) is 53.4. The van der Waals surface area contributed by atoms with E-state index in [0.29, 0.717) is 69.2 Å². The fourth-order valence-electron chi connectivity index (χ4n) is 7.30. The second kappa shape index (κ2) is 25.8. The van der Waals surface area contributed by atoms with E-state index in [2.05, 4.69) is 25.9 Å². The number of imide groups is 1. The maximum absolute atomic E-state index is 13.2. The van der Waals surface area contributed by atoms with E-state index < -0.39 is 29.8 Å². The normalized spacial score (nSPS) is 13.1. The minimum absolute atomic E-state index is 0.0652. The van der Waals surface area contributed by atoms with Crippen LogP contribution < -0.4 is 34.9 Å². The van der Waals surface area contributed by atoms with Crippen molar-refractivity contribution in [2.45, 2.75) is 90.4 Å². The van der Waals surface area contributed by atoms with Crippen molar-refractivity contribution in [3.05, 3.63) is 76.3 Å². The molecule has 0 unspecified atom stereocenters. The van der Waals surface area contributed by atoms with Gasteiger partial charge in [-0.3, -0.25) is 48.1 Å². The number of unbranched alkanes of at least 4 members (excludes halogenated alkanes) is 2. The number of carboxylic acid groups (broad SMARTS) is 1. The third-order valence-electron chi connectivity index (χ3n) is 11.2. The average Bonchev–Trinajstić information content (AvgIpc) is 4.08. The molecule has 0 radical (unpaired) electrons. The number of amides is 6. The fraction of sp³-hybridized carbons (Fsp3) is 0.408. The highest BCUT2D eigenvalue weighted by Crippen LogP contribution is 2.35. The molecule has 22 nitrogen and oxygen atoms in total. The number of nitrogens with one attached hydrogen (secondary N) is 3. The third-order valence-corrected chi connectivity index (χ3v) is 12.3. The van der Waals surface area contributed by atoms with Crippen LogP contribution in [0.5, 0.6) is 23.3 Å². The lowest BCUT2D eigenvalue weighted by Gasteiger charge is -2.15. The Kier molecular flexibility index (Phi) is 19.1. The number of rotatable bonds is 28. The molecule has 382 valence electrons. The van der Waals surface area contributed by atoms with Gasteiger partial charge in [0, 0.05) is 62.7 Å². The second-order valence-electron chi connectivity index (χ2n) is 16.6.